The second-order valence-corrected chi connectivity index (χ2v) is 4.09. The Morgan fingerprint density at radius 3 is 3.06 bits per heavy atom. The van der Waals surface area contributed by atoms with Crippen LogP contribution in [0.5, 0.6) is 0 Å². The number of fused-ring (bicyclic) bond motifs is 1. The van der Waals surface area contributed by atoms with Crippen molar-refractivity contribution in [1.29, 1.82) is 0 Å². The van der Waals surface area contributed by atoms with Gasteiger partial charge < -0.3 is 16.0 Å². The van der Waals surface area contributed by atoms with Gasteiger partial charge in [0, 0.05) is 5.03 Å². The Morgan fingerprint density at radius 2 is 2.35 bits per heavy atom. The summed E-state index contributed by atoms with van der Waals surface area (Å²) in [5, 5.41) is 3.95. The Kier molecular flexibility index (Phi) is 3.01. The van der Waals surface area contributed by atoms with Gasteiger partial charge >= 0.3 is 0 Å². The zero-order chi connectivity index (χ0) is 12.4. The number of anilines is 2. The van der Waals surface area contributed by atoms with E-state index in [9.17, 15) is 4.79 Å². The lowest BCUT2D eigenvalue weighted by Gasteiger charge is -2.09. The van der Waals surface area contributed by atoms with Gasteiger partial charge in [-0.1, -0.05) is 18.2 Å². The largest absolute Gasteiger partial charge is 0.397 e. The summed E-state index contributed by atoms with van der Waals surface area (Å²) in [5.74, 6) is 0. The molecular formula is C11H11ClN4O. The molecule has 1 heterocycles. The number of nitrogens with zero attached hydrogens (tertiary/aromatic N) is 1. The van der Waals surface area contributed by atoms with E-state index in [0.717, 1.165) is 0 Å². The SMILES string of the molecule is C=C(Cl)CNc1cc2nc[nH]c(=O)c2cc1N. The minimum atomic E-state index is -0.213. The molecule has 1 aromatic heterocycles. The van der Waals surface area contributed by atoms with Crippen LogP contribution in [0.15, 0.2) is 34.9 Å². The molecule has 88 valence electrons. The third-order valence-electron chi connectivity index (χ3n) is 2.28. The Hall–Kier alpha value is -2.01. The predicted molar refractivity (Wildman–Crippen MR) is 70.3 cm³/mol. The van der Waals surface area contributed by atoms with Crippen molar-refractivity contribution in [1.82, 2.24) is 9.97 Å². The van der Waals surface area contributed by atoms with Crippen molar-refractivity contribution in [2.75, 3.05) is 17.6 Å². The number of benzene rings is 1. The maximum atomic E-state index is 11.5. The van der Waals surface area contributed by atoms with Crippen LogP contribution in [0.25, 0.3) is 10.9 Å². The molecule has 0 saturated heterocycles. The van der Waals surface area contributed by atoms with Crippen molar-refractivity contribution >= 4 is 33.9 Å². The molecule has 6 heteroatoms. The van der Waals surface area contributed by atoms with Crippen molar-refractivity contribution in [2.24, 2.45) is 0 Å². The summed E-state index contributed by atoms with van der Waals surface area (Å²) in [5.41, 5.74) is 7.33. The Bertz CT molecular complexity index is 635. The molecule has 0 atom stereocenters. The van der Waals surface area contributed by atoms with Crippen molar-refractivity contribution in [3.8, 4) is 0 Å². The molecule has 2 rings (SSSR count). The van der Waals surface area contributed by atoms with Crippen molar-refractivity contribution in [3.63, 3.8) is 0 Å². The average molecular weight is 251 g/mol. The Labute approximate surface area is 102 Å². The fourth-order valence-corrected chi connectivity index (χ4v) is 1.54. The highest BCUT2D eigenvalue weighted by Crippen LogP contribution is 2.23. The lowest BCUT2D eigenvalue weighted by atomic mass is 10.2. The lowest BCUT2D eigenvalue weighted by Crippen LogP contribution is -2.09. The average Bonchev–Trinajstić information content (AvgIpc) is 2.28. The molecule has 0 spiro atoms. The summed E-state index contributed by atoms with van der Waals surface area (Å²) < 4.78 is 0. The van der Waals surface area contributed by atoms with Gasteiger partial charge in [-0.2, -0.15) is 0 Å². The lowest BCUT2D eigenvalue weighted by molar-refractivity contribution is 1.17. The van der Waals surface area contributed by atoms with Gasteiger partial charge in [0.15, 0.2) is 0 Å². The van der Waals surface area contributed by atoms with E-state index < -0.39 is 0 Å². The molecule has 0 aliphatic heterocycles. The van der Waals surface area contributed by atoms with Gasteiger partial charge in [-0.3, -0.25) is 4.79 Å². The molecule has 0 saturated carbocycles. The molecule has 0 fully saturated rings. The summed E-state index contributed by atoms with van der Waals surface area (Å²) in [6.45, 7) is 3.97. The van der Waals surface area contributed by atoms with E-state index in [1.165, 1.54) is 6.33 Å². The van der Waals surface area contributed by atoms with Crippen LogP contribution in [-0.2, 0) is 0 Å². The number of hydrogen-bond acceptors (Lipinski definition) is 4. The monoisotopic (exact) mass is 250 g/mol. The first-order valence-electron chi connectivity index (χ1n) is 4.92. The third-order valence-corrected chi connectivity index (χ3v) is 2.42. The zero-order valence-corrected chi connectivity index (χ0v) is 9.71. The normalized spacial score (nSPS) is 10.4. The van der Waals surface area contributed by atoms with Crippen LogP contribution in [0.4, 0.5) is 11.4 Å². The van der Waals surface area contributed by atoms with E-state index in [4.69, 9.17) is 17.3 Å². The highest BCUT2D eigenvalue weighted by Gasteiger charge is 2.05. The van der Waals surface area contributed by atoms with Crippen LogP contribution in [0.2, 0.25) is 0 Å². The number of nitrogen functional groups attached to an aromatic ring is 1. The first kappa shape index (κ1) is 11.5. The van der Waals surface area contributed by atoms with Crippen molar-refractivity contribution in [3.05, 3.63) is 40.4 Å². The summed E-state index contributed by atoms with van der Waals surface area (Å²) in [7, 11) is 0. The number of hydrogen-bond donors (Lipinski definition) is 3. The molecule has 0 aliphatic carbocycles. The first-order valence-corrected chi connectivity index (χ1v) is 5.30. The fraction of sp³-hybridized carbons (Fsp3) is 0.0909. The molecule has 0 aliphatic rings. The number of nitrogens with two attached hydrogens (primary N) is 1. The highest BCUT2D eigenvalue weighted by molar-refractivity contribution is 6.29. The summed E-state index contributed by atoms with van der Waals surface area (Å²) >= 11 is 5.66. The van der Waals surface area contributed by atoms with E-state index in [0.29, 0.717) is 33.9 Å². The number of H-pyrrole nitrogens is 1. The van der Waals surface area contributed by atoms with Gasteiger partial charge in [0.25, 0.3) is 5.56 Å². The van der Waals surface area contributed by atoms with Crippen LogP contribution < -0.4 is 16.6 Å². The summed E-state index contributed by atoms with van der Waals surface area (Å²) in [4.78, 5) is 18.1. The van der Waals surface area contributed by atoms with Gasteiger partial charge in [-0.25, -0.2) is 4.98 Å². The number of rotatable bonds is 3. The summed E-state index contributed by atoms with van der Waals surface area (Å²) in [6.07, 6.45) is 1.35. The van der Waals surface area contributed by atoms with Crippen LogP contribution in [0.3, 0.4) is 0 Å². The van der Waals surface area contributed by atoms with Gasteiger partial charge in [0.2, 0.25) is 0 Å². The van der Waals surface area contributed by atoms with E-state index >= 15 is 0 Å². The smallest absolute Gasteiger partial charge is 0.258 e. The number of halogens is 1. The Balaban J connectivity index is 2.48. The molecule has 0 radical (unpaired) electrons. The second kappa shape index (κ2) is 4.47. The fourth-order valence-electron chi connectivity index (χ4n) is 1.48. The van der Waals surface area contributed by atoms with Gasteiger partial charge in [-0.15, -0.1) is 0 Å². The highest BCUT2D eigenvalue weighted by atomic mass is 35.5. The topological polar surface area (TPSA) is 83.8 Å². The molecule has 4 N–H and O–H groups in total. The van der Waals surface area contributed by atoms with E-state index in [-0.39, 0.29) is 5.56 Å². The number of nitrogens with one attached hydrogen (secondary N) is 2. The minimum absolute atomic E-state index is 0.213. The van der Waals surface area contributed by atoms with Crippen LogP contribution in [0, 0.1) is 0 Å². The standard InChI is InChI=1S/C11H11ClN4O/c1-6(12)4-14-10-3-9-7(2-8(10)13)11(17)16-5-15-9/h2-3,5,14H,1,4,13H2,(H,15,16,17). The molecule has 0 amide bonds. The molecular weight excluding hydrogens is 240 g/mol. The Morgan fingerprint density at radius 1 is 1.59 bits per heavy atom. The van der Waals surface area contributed by atoms with E-state index in [1.54, 1.807) is 12.1 Å². The van der Waals surface area contributed by atoms with E-state index in [1.807, 2.05) is 0 Å². The van der Waals surface area contributed by atoms with Crippen LogP contribution in [0.1, 0.15) is 0 Å². The number of aromatic nitrogens is 2. The predicted octanol–water partition coefficient (Wildman–Crippen LogP) is 1.67. The van der Waals surface area contributed by atoms with Gasteiger partial charge in [-0.05, 0) is 12.1 Å². The maximum absolute atomic E-state index is 11.5. The molecule has 1 aromatic carbocycles. The van der Waals surface area contributed by atoms with Gasteiger partial charge in [0.1, 0.15) is 0 Å². The first-order chi connectivity index (χ1) is 8.08. The van der Waals surface area contributed by atoms with Gasteiger partial charge in [0.05, 0.1) is 35.1 Å². The van der Waals surface area contributed by atoms with Crippen molar-refractivity contribution < 1.29 is 0 Å². The van der Waals surface area contributed by atoms with E-state index in [2.05, 4.69) is 21.9 Å². The third kappa shape index (κ3) is 2.39. The minimum Gasteiger partial charge on any atom is -0.397 e. The van der Waals surface area contributed by atoms with Crippen molar-refractivity contribution in [2.45, 2.75) is 0 Å². The van der Waals surface area contributed by atoms with Crippen LogP contribution >= 0.6 is 11.6 Å². The molecule has 5 nitrogen and oxygen atoms in total. The second-order valence-electron chi connectivity index (χ2n) is 3.56. The quantitative estimate of drug-likeness (QED) is 0.724. The number of aromatic amines is 1. The summed E-state index contributed by atoms with van der Waals surface area (Å²) in [6, 6.07) is 3.29. The molecule has 2 aromatic rings. The maximum Gasteiger partial charge on any atom is 0.258 e. The van der Waals surface area contributed by atoms with Crippen LogP contribution in [-0.4, -0.2) is 16.5 Å². The zero-order valence-electron chi connectivity index (χ0n) is 8.96. The molecule has 0 bridgehead atoms. The molecule has 0 unspecified atom stereocenters. The molecule has 17 heavy (non-hydrogen) atoms.